The molecule has 0 aromatic heterocycles. The second-order valence-corrected chi connectivity index (χ2v) is 5.96. The van der Waals surface area contributed by atoms with Gasteiger partial charge < -0.3 is 10.5 Å². The summed E-state index contributed by atoms with van der Waals surface area (Å²) in [4.78, 5) is 10.2. The molecule has 0 bridgehead atoms. The van der Waals surface area contributed by atoms with Crippen LogP contribution in [0.4, 0.5) is 5.69 Å². The smallest absolute Gasteiger partial charge is 0.269 e. The van der Waals surface area contributed by atoms with Crippen LogP contribution in [0, 0.1) is 20.9 Å². The van der Waals surface area contributed by atoms with Gasteiger partial charge in [0.15, 0.2) is 0 Å². The first kappa shape index (κ1) is 14.0. The van der Waals surface area contributed by atoms with Gasteiger partial charge in [0, 0.05) is 29.5 Å². The number of hydrogen-bond acceptors (Lipinski definition) is 4. The van der Waals surface area contributed by atoms with Crippen LogP contribution < -0.4 is 5.73 Å². The Hall–Kier alpha value is -1.46. The van der Waals surface area contributed by atoms with Crippen molar-refractivity contribution in [3.8, 4) is 0 Å². The summed E-state index contributed by atoms with van der Waals surface area (Å²) in [6, 6.07) is 6.46. The number of nitro benzene ring substituents is 1. The Labute approximate surface area is 112 Å². The number of rotatable bonds is 5. The van der Waals surface area contributed by atoms with Crippen LogP contribution in [0.15, 0.2) is 24.3 Å². The van der Waals surface area contributed by atoms with Crippen LogP contribution in [0.1, 0.15) is 26.3 Å². The van der Waals surface area contributed by atoms with Crippen LogP contribution >= 0.6 is 0 Å². The topological polar surface area (TPSA) is 78.4 Å². The van der Waals surface area contributed by atoms with E-state index in [0.29, 0.717) is 13.2 Å². The summed E-state index contributed by atoms with van der Waals surface area (Å²) in [6.45, 7) is 7.50. The van der Waals surface area contributed by atoms with Crippen molar-refractivity contribution in [1.82, 2.24) is 0 Å². The first-order valence-corrected chi connectivity index (χ1v) is 6.38. The van der Waals surface area contributed by atoms with Crippen LogP contribution in [-0.4, -0.2) is 17.6 Å². The Morgan fingerprint density at radius 1 is 1.32 bits per heavy atom. The third kappa shape index (κ3) is 2.24. The van der Waals surface area contributed by atoms with Crippen molar-refractivity contribution >= 4 is 5.69 Å². The predicted octanol–water partition coefficient (Wildman–Crippen LogP) is 2.48. The molecule has 5 nitrogen and oxygen atoms in total. The summed E-state index contributed by atoms with van der Waals surface area (Å²) in [5.74, 6) is 0. The molecule has 2 rings (SSSR count). The lowest BCUT2D eigenvalue weighted by atomic mass is 9.99. The molecule has 0 heterocycles. The number of nitrogens with two attached hydrogens (primary N) is 1. The summed E-state index contributed by atoms with van der Waals surface area (Å²) in [5.41, 5.74) is 6.95. The minimum atomic E-state index is -0.403. The lowest BCUT2D eigenvalue weighted by molar-refractivity contribution is -0.384. The van der Waals surface area contributed by atoms with Crippen LogP contribution in [0.25, 0.3) is 0 Å². The van der Waals surface area contributed by atoms with Crippen LogP contribution in [0.3, 0.4) is 0 Å². The highest BCUT2D eigenvalue weighted by Crippen LogP contribution is 2.64. The normalized spacial score (nSPS) is 28.1. The number of hydrogen-bond donors (Lipinski definition) is 1. The molecule has 19 heavy (non-hydrogen) atoms. The van der Waals surface area contributed by atoms with E-state index in [1.807, 2.05) is 0 Å². The predicted molar refractivity (Wildman–Crippen MR) is 72.6 cm³/mol. The SMILES string of the molecule is CC1(C)C(OCc2ccc([N+](=O)[O-])cc2)C1(C)CN. The van der Waals surface area contributed by atoms with Crippen molar-refractivity contribution in [2.45, 2.75) is 33.5 Å². The molecule has 5 heteroatoms. The van der Waals surface area contributed by atoms with Crippen molar-refractivity contribution in [2.75, 3.05) is 6.54 Å². The van der Waals surface area contributed by atoms with Gasteiger partial charge in [-0.1, -0.05) is 20.8 Å². The molecule has 2 atom stereocenters. The van der Waals surface area contributed by atoms with Crippen molar-refractivity contribution in [2.24, 2.45) is 16.6 Å². The van der Waals surface area contributed by atoms with Crippen molar-refractivity contribution in [3.05, 3.63) is 39.9 Å². The van der Waals surface area contributed by atoms with Crippen molar-refractivity contribution < 1.29 is 9.66 Å². The summed E-state index contributed by atoms with van der Waals surface area (Å²) < 4.78 is 5.91. The van der Waals surface area contributed by atoms with E-state index in [1.165, 1.54) is 12.1 Å². The van der Waals surface area contributed by atoms with Gasteiger partial charge in [-0.3, -0.25) is 10.1 Å². The molecule has 2 unspecified atom stereocenters. The standard InChI is InChI=1S/C14H20N2O3/c1-13(2)12(14(13,3)9-15)19-8-10-4-6-11(7-5-10)16(17)18/h4-7,12H,8-9,15H2,1-3H3. The van der Waals surface area contributed by atoms with Gasteiger partial charge in [0.2, 0.25) is 0 Å². The Bertz CT molecular complexity index is 484. The summed E-state index contributed by atoms with van der Waals surface area (Å²) in [6.07, 6.45) is 0.139. The van der Waals surface area contributed by atoms with Gasteiger partial charge in [0.1, 0.15) is 0 Å². The van der Waals surface area contributed by atoms with Gasteiger partial charge in [0.25, 0.3) is 5.69 Å². The van der Waals surface area contributed by atoms with Crippen LogP contribution in [-0.2, 0) is 11.3 Å². The zero-order valence-electron chi connectivity index (χ0n) is 11.6. The first-order chi connectivity index (χ1) is 8.83. The quantitative estimate of drug-likeness (QED) is 0.654. The average molecular weight is 264 g/mol. The third-order valence-electron chi connectivity index (χ3n) is 4.61. The molecule has 0 radical (unpaired) electrons. The molecular weight excluding hydrogens is 244 g/mol. The molecule has 1 saturated carbocycles. The van der Waals surface area contributed by atoms with Crippen LogP contribution in [0.5, 0.6) is 0 Å². The first-order valence-electron chi connectivity index (χ1n) is 6.38. The van der Waals surface area contributed by atoms with E-state index in [4.69, 9.17) is 10.5 Å². The Morgan fingerprint density at radius 3 is 2.32 bits per heavy atom. The van der Waals surface area contributed by atoms with E-state index in [2.05, 4.69) is 20.8 Å². The molecule has 2 N–H and O–H groups in total. The maximum Gasteiger partial charge on any atom is 0.269 e. The highest BCUT2D eigenvalue weighted by Gasteiger charge is 2.68. The fourth-order valence-electron chi connectivity index (χ4n) is 2.67. The van der Waals surface area contributed by atoms with Gasteiger partial charge in [-0.05, 0) is 17.7 Å². The number of ether oxygens (including phenoxy) is 1. The van der Waals surface area contributed by atoms with Gasteiger partial charge in [-0.2, -0.15) is 0 Å². The fourth-order valence-corrected chi connectivity index (χ4v) is 2.67. The molecule has 0 amide bonds. The third-order valence-corrected chi connectivity index (χ3v) is 4.61. The number of benzene rings is 1. The maximum absolute atomic E-state index is 10.6. The molecule has 0 aliphatic heterocycles. The van der Waals surface area contributed by atoms with E-state index < -0.39 is 4.92 Å². The summed E-state index contributed by atoms with van der Waals surface area (Å²) in [7, 11) is 0. The largest absolute Gasteiger partial charge is 0.372 e. The molecule has 0 saturated heterocycles. The minimum Gasteiger partial charge on any atom is -0.372 e. The molecule has 1 fully saturated rings. The Kier molecular flexibility index (Phi) is 3.36. The van der Waals surface area contributed by atoms with Crippen molar-refractivity contribution in [1.29, 1.82) is 0 Å². The van der Waals surface area contributed by atoms with E-state index in [0.717, 1.165) is 5.56 Å². The second-order valence-electron chi connectivity index (χ2n) is 5.96. The van der Waals surface area contributed by atoms with Gasteiger partial charge in [0.05, 0.1) is 17.6 Å². The molecule has 1 aliphatic carbocycles. The van der Waals surface area contributed by atoms with Crippen LogP contribution in [0.2, 0.25) is 0 Å². The molecule has 1 aromatic rings. The summed E-state index contributed by atoms with van der Waals surface area (Å²) >= 11 is 0. The number of non-ortho nitro benzene ring substituents is 1. The molecule has 1 aliphatic rings. The van der Waals surface area contributed by atoms with Gasteiger partial charge in [-0.15, -0.1) is 0 Å². The number of nitrogens with zero attached hydrogens (tertiary/aromatic N) is 1. The molecular formula is C14H20N2O3. The van der Waals surface area contributed by atoms with E-state index in [1.54, 1.807) is 12.1 Å². The maximum atomic E-state index is 10.6. The highest BCUT2D eigenvalue weighted by atomic mass is 16.6. The van der Waals surface area contributed by atoms with Crippen molar-refractivity contribution in [3.63, 3.8) is 0 Å². The van der Waals surface area contributed by atoms with Gasteiger partial charge in [-0.25, -0.2) is 0 Å². The van der Waals surface area contributed by atoms with E-state index in [-0.39, 0.29) is 22.6 Å². The van der Waals surface area contributed by atoms with E-state index in [9.17, 15) is 10.1 Å². The monoisotopic (exact) mass is 264 g/mol. The zero-order chi connectivity index (χ0) is 14.3. The Morgan fingerprint density at radius 2 is 1.89 bits per heavy atom. The highest BCUT2D eigenvalue weighted by molar-refractivity contribution is 5.32. The fraction of sp³-hybridized carbons (Fsp3) is 0.571. The lowest BCUT2D eigenvalue weighted by Crippen LogP contribution is -2.18. The molecule has 0 spiro atoms. The number of nitro groups is 1. The zero-order valence-corrected chi connectivity index (χ0v) is 11.6. The molecule has 1 aromatic carbocycles. The van der Waals surface area contributed by atoms with Gasteiger partial charge >= 0.3 is 0 Å². The minimum absolute atomic E-state index is 0.0216. The lowest BCUT2D eigenvalue weighted by Gasteiger charge is -2.09. The molecule has 104 valence electrons. The van der Waals surface area contributed by atoms with E-state index >= 15 is 0 Å². The second kappa shape index (κ2) is 4.58. The average Bonchev–Trinajstić information content (AvgIpc) is 2.81. The summed E-state index contributed by atoms with van der Waals surface area (Å²) in [5, 5.41) is 10.6. The Balaban J connectivity index is 1.95.